The van der Waals surface area contributed by atoms with Gasteiger partial charge in [0.2, 0.25) is 11.9 Å². The van der Waals surface area contributed by atoms with Crippen LogP contribution in [0.2, 0.25) is 0 Å². The fraction of sp³-hybridized carbons (Fsp3) is 0.353. The summed E-state index contributed by atoms with van der Waals surface area (Å²) in [6, 6.07) is 6.01. The van der Waals surface area contributed by atoms with Crippen molar-refractivity contribution < 1.29 is 9.18 Å². The Morgan fingerprint density at radius 2 is 2.04 bits per heavy atom. The Labute approximate surface area is 134 Å². The van der Waals surface area contributed by atoms with Gasteiger partial charge in [-0.3, -0.25) is 4.79 Å². The first-order valence-corrected chi connectivity index (χ1v) is 7.61. The lowest BCUT2D eigenvalue weighted by Gasteiger charge is -2.31. The molecule has 6 heteroatoms. The van der Waals surface area contributed by atoms with Crippen molar-refractivity contribution >= 4 is 17.5 Å². The summed E-state index contributed by atoms with van der Waals surface area (Å²) in [6.07, 6.45) is 2.22. The molecule has 0 saturated carbocycles. The van der Waals surface area contributed by atoms with Crippen LogP contribution in [0.1, 0.15) is 38.4 Å². The highest BCUT2D eigenvalue weighted by atomic mass is 19.1. The second-order valence-electron chi connectivity index (χ2n) is 6.08. The van der Waals surface area contributed by atoms with Gasteiger partial charge in [-0.05, 0) is 38.1 Å². The first-order chi connectivity index (χ1) is 10.9. The zero-order chi connectivity index (χ0) is 16.6. The standard InChI is InChI=1S/C17H19FN4O/c1-4-15(23)22-10-14-13(17(22,2)3)9-19-16(21-14)20-12-7-5-11(18)6-8-12/h5-9H,4,10H2,1-3H3,(H,19,20,21). The van der Waals surface area contributed by atoms with Crippen LogP contribution in [0.15, 0.2) is 30.5 Å². The number of anilines is 2. The third kappa shape index (κ3) is 2.76. The maximum atomic E-state index is 12.9. The van der Waals surface area contributed by atoms with Gasteiger partial charge in [-0.1, -0.05) is 6.92 Å². The van der Waals surface area contributed by atoms with Gasteiger partial charge in [-0.2, -0.15) is 0 Å². The maximum Gasteiger partial charge on any atom is 0.227 e. The Hall–Kier alpha value is -2.50. The molecule has 5 nitrogen and oxygen atoms in total. The van der Waals surface area contributed by atoms with Gasteiger partial charge >= 0.3 is 0 Å². The summed E-state index contributed by atoms with van der Waals surface area (Å²) in [4.78, 5) is 22.8. The number of carbonyl (C=O) groups excluding carboxylic acids is 1. The number of rotatable bonds is 3. The van der Waals surface area contributed by atoms with E-state index in [1.165, 1.54) is 12.1 Å². The normalized spacial score (nSPS) is 15.4. The quantitative estimate of drug-likeness (QED) is 0.944. The Morgan fingerprint density at radius 1 is 1.35 bits per heavy atom. The van der Waals surface area contributed by atoms with Gasteiger partial charge in [0.25, 0.3) is 0 Å². The van der Waals surface area contributed by atoms with Crippen molar-refractivity contribution in [2.75, 3.05) is 5.32 Å². The molecule has 0 aliphatic carbocycles. The molecule has 1 N–H and O–H groups in total. The third-order valence-corrected chi connectivity index (χ3v) is 4.21. The molecule has 1 aromatic heterocycles. The minimum absolute atomic E-state index is 0.0982. The molecule has 1 aliphatic heterocycles. The maximum absolute atomic E-state index is 12.9. The van der Waals surface area contributed by atoms with E-state index in [9.17, 15) is 9.18 Å². The van der Waals surface area contributed by atoms with Gasteiger partial charge in [0.15, 0.2) is 0 Å². The minimum Gasteiger partial charge on any atom is -0.327 e. The number of halogens is 1. The van der Waals surface area contributed by atoms with Gasteiger partial charge in [0, 0.05) is 23.9 Å². The van der Waals surface area contributed by atoms with E-state index in [2.05, 4.69) is 15.3 Å². The zero-order valence-corrected chi connectivity index (χ0v) is 13.4. The summed E-state index contributed by atoms with van der Waals surface area (Å²) in [7, 11) is 0. The monoisotopic (exact) mass is 314 g/mol. The summed E-state index contributed by atoms with van der Waals surface area (Å²) in [5.41, 5.74) is 2.11. The average Bonchev–Trinajstić information content (AvgIpc) is 2.80. The highest BCUT2D eigenvalue weighted by Crippen LogP contribution is 2.38. The van der Waals surface area contributed by atoms with Crippen molar-refractivity contribution in [2.45, 2.75) is 39.3 Å². The molecular formula is C17H19FN4O. The van der Waals surface area contributed by atoms with E-state index in [0.717, 1.165) is 11.3 Å². The molecule has 0 radical (unpaired) electrons. The number of amides is 1. The lowest BCUT2D eigenvalue weighted by Crippen LogP contribution is -2.39. The van der Waals surface area contributed by atoms with E-state index < -0.39 is 5.54 Å². The fourth-order valence-corrected chi connectivity index (χ4v) is 2.85. The third-order valence-electron chi connectivity index (χ3n) is 4.21. The van der Waals surface area contributed by atoms with E-state index in [1.807, 2.05) is 25.7 Å². The number of hydrogen-bond acceptors (Lipinski definition) is 4. The highest BCUT2D eigenvalue weighted by Gasteiger charge is 2.40. The smallest absolute Gasteiger partial charge is 0.227 e. The van der Waals surface area contributed by atoms with E-state index in [1.54, 1.807) is 18.3 Å². The predicted octanol–water partition coefficient (Wildman–Crippen LogP) is 3.35. The predicted molar refractivity (Wildman–Crippen MR) is 85.6 cm³/mol. The van der Waals surface area contributed by atoms with Crippen LogP contribution in [-0.4, -0.2) is 20.8 Å². The van der Waals surface area contributed by atoms with Crippen LogP contribution in [0, 0.1) is 5.82 Å². The van der Waals surface area contributed by atoms with Crippen molar-refractivity contribution in [1.29, 1.82) is 0 Å². The largest absolute Gasteiger partial charge is 0.327 e. The number of nitrogens with zero attached hydrogens (tertiary/aromatic N) is 3. The van der Waals surface area contributed by atoms with Crippen molar-refractivity contribution in [1.82, 2.24) is 14.9 Å². The Bertz CT molecular complexity index is 743. The van der Waals surface area contributed by atoms with Crippen LogP contribution in [0.5, 0.6) is 0 Å². The molecule has 23 heavy (non-hydrogen) atoms. The number of aromatic nitrogens is 2. The van der Waals surface area contributed by atoms with Gasteiger partial charge in [-0.25, -0.2) is 14.4 Å². The lowest BCUT2D eigenvalue weighted by molar-refractivity contribution is -0.136. The molecule has 3 rings (SSSR count). The molecule has 0 saturated heterocycles. The molecule has 1 aliphatic rings. The second kappa shape index (κ2) is 5.61. The van der Waals surface area contributed by atoms with Crippen LogP contribution in [0.25, 0.3) is 0 Å². The van der Waals surface area contributed by atoms with Crippen molar-refractivity contribution in [3.05, 3.63) is 47.5 Å². The second-order valence-corrected chi connectivity index (χ2v) is 6.08. The molecule has 0 bridgehead atoms. The Kier molecular flexibility index (Phi) is 3.75. The van der Waals surface area contributed by atoms with Crippen LogP contribution < -0.4 is 5.32 Å². The van der Waals surface area contributed by atoms with E-state index in [0.29, 0.717) is 24.6 Å². The Morgan fingerprint density at radius 3 is 2.70 bits per heavy atom. The van der Waals surface area contributed by atoms with Gasteiger partial charge < -0.3 is 10.2 Å². The van der Waals surface area contributed by atoms with Gasteiger partial charge in [0.05, 0.1) is 17.8 Å². The number of nitrogens with one attached hydrogen (secondary N) is 1. The molecule has 2 aromatic rings. The van der Waals surface area contributed by atoms with Gasteiger partial charge in [0.1, 0.15) is 5.82 Å². The molecule has 1 amide bonds. The zero-order valence-electron chi connectivity index (χ0n) is 13.4. The van der Waals surface area contributed by atoms with Crippen molar-refractivity contribution in [3.8, 4) is 0 Å². The number of benzene rings is 1. The average molecular weight is 314 g/mol. The van der Waals surface area contributed by atoms with E-state index in [4.69, 9.17) is 0 Å². The molecule has 0 unspecified atom stereocenters. The van der Waals surface area contributed by atoms with Gasteiger partial charge in [-0.15, -0.1) is 0 Å². The summed E-state index contributed by atoms with van der Waals surface area (Å²) in [6.45, 7) is 6.34. The van der Waals surface area contributed by atoms with Crippen LogP contribution in [-0.2, 0) is 16.9 Å². The summed E-state index contributed by atoms with van der Waals surface area (Å²) >= 11 is 0. The topological polar surface area (TPSA) is 58.1 Å². The molecule has 0 spiro atoms. The summed E-state index contributed by atoms with van der Waals surface area (Å²) in [5, 5.41) is 3.05. The molecule has 0 fully saturated rings. The molecular weight excluding hydrogens is 295 g/mol. The van der Waals surface area contributed by atoms with Crippen LogP contribution >= 0.6 is 0 Å². The first kappa shape index (κ1) is 15.4. The molecule has 2 heterocycles. The number of fused-ring (bicyclic) bond motifs is 1. The van der Waals surface area contributed by atoms with Crippen LogP contribution in [0.3, 0.4) is 0 Å². The van der Waals surface area contributed by atoms with Crippen LogP contribution in [0.4, 0.5) is 16.0 Å². The molecule has 0 atom stereocenters. The summed E-state index contributed by atoms with van der Waals surface area (Å²) in [5.74, 6) is 0.249. The summed E-state index contributed by atoms with van der Waals surface area (Å²) < 4.78 is 12.9. The van der Waals surface area contributed by atoms with Crippen molar-refractivity contribution in [2.24, 2.45) is 0 Å². The van der Waals surface area contributed by atoms with E-state index >= 15 is 0 Å². The fourth-order valence-electron chi connectivity index (χ4n) is 2.85. The van der Waals surface area contributed by atoms with Crippen molar-refractivity contribution in [3.63, 3.8) is 0 Å². The molecule has 120 valence electrons. The number of carbonyl (C=O) groups is 1. The highest BCUT2D eigenvalue weighted by molar-refractivity contribution is 5.77. The SMILES string of the molecule is CCC(=O)N1Cc2nc(Nc3ccc(F)cc3)ncc2C1(C)C. The first-order valence-electron chi connectivity index (χ1n) is 7.61. The lowest BCUT2D eigenvalue weighted by atomic mass is 9.97. The minimum atomic E-state index is -0.406. The molecule has 1 aromatic carbocycles. The number of hydrogen-bond donors (Lipinski definition) is 1. The Balaban J connectivity index is 1.87. The van der Waals surface area contributed by atoms with E-state index in [-0.39, 0.29) is 11.7 Å².